The van der Waals surface area contributed by atoms with Gasteiger partial charge in [-0.05, 0) is 45.0 Å². The zero-order valence-electron chi connectivity index (χ0n) is 18.1. The first-order chi connectivity index (χ1) is 16.8. The van der Waals surface area contributed by atoms with Crippen LogP contribution in [0.4, 0.5) is 0 Å². The van der Waals surface area contributed by atoms with Crippen molar-refractivity contribution in [3.63, 3.8) is 0 Å². The molecule has 0 aliphatic carbocycles. The van der Waals surface area contributed by atoms with Crippen molar-refractivity contribution in [2.75, 3.05) is 0 Å². The molecule has 0 bridgehead atoms. The van der Waals surface area contributed by atoms with Crippen molar-refractivity contribution in [3.05, 3.63) is 110 Å². The van der Waals surface area contributed by atoms with Gasteiger partial charge in [0.15, 0.2) is 5.57 Å². The maximum atomic E-state index is 15.3. The standard InChI is InChI=1S/C29H18N3OP/c33-34(29-31-15-7-16-32-29)25-12-5-3-10-22(25)27-21-9-2-1-8-19(21)20-14-17-30-18-24(20)28(27)23-11-4-6-13-26(23)34/h1-18H. The van der Waals surface area contributed by atoms with Gasteiger partial charge in [0.05, 0.1) is 0 Å². The van der Waals surface area contributed by atoms with Gasteiger partial charge >= 0.3 is 0 Å². The van der Waals surface area contributed by atoms with Crippen molar-refractivity contribution in [2.45, 2.75) is 0 Å². The second-order valence-electron chi connectivity index (χ2n) is 8.41. The van der Waals surface area contributed by atoms with Crippen molar-refractivity contribution in [2.24, 2.45) is 0 Å². The van der Waals surface area contributed by atoms with Gasteiger partial charge in [-0.25, -0.2) is 9.97 Å². The van der Waals surface area contributed by atoms with E-state index in [0.717, 1.165) is 54.4 Å². The highest BCUT2D eigenvalue weighted by molar-refractivity contribution is 7.85. The fourth-order valence-corrected chi connectivity index (χ4v) is 8.10. The van der Waals surface area contributed by atoms with Crippen LogP contribution in [0, 0.1) is 0 Å². The molecule has 0 saturated carbocycles. The number of benzene rings is 4. The lowest BCUT2D eigenvalue weighted by molar-refractivity contribution is 0.591. The zero-order valence-corrected chi connectivity index (χ0v) is 19.0. The predicted octanol–water partition coefficient (Wildman–Crippen LogP) is 5.46. The lowest BCUT2D eigenvalue weighted by Gasteiger charge is -2.19. The second-order valence-corrected chi connectivity index (χ2v) is 11.0. The molecule has 7 rings (SSSR count). The van der Waals surface area contributed by atoms with Gasteiger partial charge in [0.25, 0.3) is 0 Å². The van der Waals surface area contributed by atoms with E-state index < -0.39 is 7.14 Å². The van der Waals surface area contributed by atoms with E-state index in [0.29, 0.717) is 5.57 Å². The number of rotatable bonds is 1. The average Bonchev–Trinajstić information content (AvgIpc) is 3.02. The predicted molar refractivity (Wildman–Crippen MR) is 139 cm³/mol. The lowest BCUT2D eigenvalue weighted by atomic mass is 9.86. The molecule has 1 aliphatic rings. The molecule has 6 aromatic rings. The Morgan fingerprint density at radius 3 is 1.79 bits per heavy atom. The normalized spacial score (nSPS) is 16.5. The van der Waals surface area contributed by atoms with E-state index in [-0.39, 0.29) is 0 Å². The molecule has 0 saturated heterocycles. The van der Waals surface area contributed by atoms with Crippen molar-refractivity contribution < 1.29 is 4.57 Å². The summed E-state index contributed by atoms with van der Waals surface area (Å²) in [5.41, 5.74) is 4.38. The summed E-state index contributed by atoms with van der Waals surface area (Å²) in [5.74, 6) is 0. The minimum absolute atomic E-state index is 0.356. The SMILES string of the molecule is O=P1(c2ncccn2)c2ccccc2-c2c(c3cnccc3c3ccccc23)-c2ccccc21. The Kier molecular flexibility index (Phi) is 4.08. The van der Waals surface area contributed by atoms with Crippen LogP contribution in [0.15, 0.2) is 110 Å². The van der Waals surface area contributed by atoms with Crippen LogP contribution >= 0.6 is 7.14 Å². The Bertz CT molecular complexity index is 1690. The molecule has 1 aliphatic heterocycles. The highest BCUT2D eigenvalue weighted by Gasteiger charge is 2.40. The van der Waals surface area contributed by atoms with Crippen LogP contribution in [0.2, 0.25) is 0 Å². The van der Waals surface area contributed by atoms with Crippen molar-refractivity contribution >= 4 is 44.9 Å². The van der Waals surface area contributed by atoms with Crippen molar-refractivity contribution in [1.82, 2.24) is 15.0 Å². The van der Waals surface area contributed by atoms with E-state index in [4.69, 9.17) is 0 Å². The molecule has 4 nitrogen and oxygen atoms in total. The number of pyridine rings is 1. The summed E-state index contributed by atoms with van der Waals surface area (Å²) < 4.78 is 15.3. The Morgan fingerprint density at radius 1 is 0.529 bits per heavy atom. The third kappa shape index (κ3) is 2.49. The van der Waals surface area contributed by atoms with Gasteiger partial charge in [-0.15, -0.1) is 0 Å². The quantitative estimate of drug-likeness (QED) is 0.244. The number of nitrogens with zero attached hydrogens (tertiary/aromatic N) is 3. The van der Waals surface area contributed by atoms with Gasteiger partial charge in [-0.2, -0.15) is 0 Å². The second kappa shape index (κ2) is 7.18. The molecule has 0 spiro atoms. The maximum Gasteiger partial charge on any atom is 0.207 e. The molecule has 2 aromatic heterocycles. The van der Waals surface area contributed by atoms with Gasteiger partial charge < -0.3 is 4.57 Å². The maximum absolute atomic E-state index is 15.3. The topological polar surface area (TPSA) is 55.7 Å². The van der Waals surface area contributed by atoms with Crippen LogP contribution in [0.3, 0.4) is 0 Å². The van der Waals surface area contributed by atoms with Crippen LogP contribution in [0.1, 0.15) is 0 Å². The highest BCUT2D eigenvalue weighted by atomic mass is 31.2. The van der Waals surface area contributed by atoms with Crippen molar-refractivity contribution in [1.29, 1.82) is 0 Å². The molecule has 1 unspecified atom stereocenters. The third-order valence-electron chi connectivity index (χ3n) is 6.69. The van der Waals surface area contributed by atoms with E-state index >= 15 is 4.57 Å². The van der Waals surface area contributed by atoms with Crippen LogP contribution < -0.4 is 16.2 Å². The van der Waals surface area contributed by atoms with Crippen LogP contribution in [0.25, 0.3) is 43.8 Å². The van der Waals surface area contributed by atoms with E-state index in [1.54, 1.807) is 18.5 Å². The van der Waals surface area contributed by atoms with E-state index in [2.05, 4.69) is 57.4 Å². The van der Waals surface area contributed by atoms with Gasteiger partial charge in [0.1, 0.15) is 0 Å². The molecule has 0 radical (unpaired) electrons. The monoisotopic (exact) mass is 455 g/mol. The molecule has 5 heteroatoms. The van der Waals surface area contributed by atoms with Crippen LogP contribution in [0.5, 0.6) is 0 Å². The largest absolute Gasteiger partial charge is 0.305 e. The molecule has 0 fully saturated rings. The average molecular weight is 455 g/mol. The van der Waals surface area contributed by atoms with Gasteiger partial charge in [-0.3, -0.25) is 4.98 Å². The molecular weight excluding hydrogens is 437 g/mol. The Labute approximate surface area is 196 Å². The highest BCUT2D eigenvalue weighted by Crippen LogP contribution is 2.53. The Morgan fingerprint density at radius 2 is 1.09 bits per heavy atom. The Balaban J connectivity index is 1.80. The van der Waals surface area contributed by atoms with Crippen LogP contribution in [-0.4, -0.2) is 15.0 Å². The summed E-state index contributed by atoms with van der Waals surface area (Å²) in [4.78, 5) is 13.5. The first-order valence-electron chi connectivity index (χ1n) is 11.1. The van der Waals surface area contributed by atoms with E-state index in [1.165, 1.54) is 0 Å². The first-order valence-corrected chi connectivity index (χ1v) is 12.8. The summed E-state index contributed by atoms with van der Waals surface area (Å²) >= 11 is 0. The van der Waals surface area contributed by atoms with Crippen LogP contribution in [-0.2, 0) is 4.57 Å². The van der Waals surface area contributed by atoms with Gasteiger partial charge in [0.2, 0.25) is 7.14 Å². The third-order valence-corrected chi connectivity index (χ3v) is 9.62. The fraction of sp³-hybridized carbons (Fsp3) is 0. The summed E-state index contributed by atoms with van der Waals surface area (Å²) in [5, 5.41) is 5.97. The lowest BCUT2D eigenvalue weighted by Crippen LogP contribution is -2.29. The molecule has 34 heavy (non-hydrogen) atoms. The molecule has 3 heterocycles. The molecule has 0 amide bonds. The summed E-state index contributed by atoms with van der Waals surface area (Å²) in [6.45, 7) is 0. The molecular formula is C29H18N3OP. The van der Waals surface area contributed by atoms with Gasteiger partial charge in [-0.1, -0.05) is 72.8 Å². The molecule has 4 aromatic carbocycles. The number of hydrogen-bond donors (Lipinski definition) is 0. The van der Waals surface area contributed by atoms with Crippen molar-refractivity contribution in [3.8, 4) is 22.3 Å². The Hall–Kier alpha value is -4.14. The number of aromatic nitrogens is 3. The number of hydrogen-bond acceptors (Lipinski definition) is 4. The fourth-order valence-electron chi connectivity index (χ4n) is 5.31. The molecule has 160 valence electrons. The van der Waals surface area contributed by atoms with Gasteiger partial charge in [0, 0.05) is 46.3 Å². The minimum atomic E-state index is -3.37. The number of fused-ring (bicyclic) bond motifs is 10. The zero-order chi connectivity index (χ0) is 22.7. The summed E-state index contributed by atoms with van der Waals surface area (Å²) in [6, 6.07) is 28.3. The first kappa shape index (κ1) is 19.3. The van der Waals surface area contributed by atoms with E-state index in [1.807, 2.05) is 48.8 Å². The molecule has 1 atom stereocenters. The summed E-state index contributed by atoms with van der Waals surface area (Å²) in [6.07, 6.45) is 7.09. The minimum Gasteiger partial charge on any atom is -0.305 e. The smallest absolute Gasteiger partial charge is 0.207 e. The molecule has 0 N–H and O–H groups in total. The van der Waals surface area contributed by atoms with E-state index in [9.17, 15) is 0 Å². The summed E-state index contributed by atoms with van der Waals surface area (Å²) in [7, 11) is -3.37.